The van der Waals surface area contributed by atoms with Crippen LogP contribution in [0.5, 0.6) is 0 Å². The lowest BCUT2D eigenvalue weighted by Crippen LogP contribution is -2.22. The summed E-state index contributed by atoms with van der Waals surface area (Å²) in [5.74, 6) is 0.734. The van der Waals surface area contributed by atoms with Crippen molar-refractivity contribution in [1.82, 2.24) is 10.3 Å². The summed E-state index contributed by atoms with van der Waals surface area (Å²) in [5.41, 5.74) is 3.93. The van der Waals surface area contributed by atoms with Crippen molar-refractivity contribution in [2.24, 2.45) is 0 Å². The van der Waals surface area contributed by atoms with Gasteiger partial charge in [-0.25, -0.2) is 0 Å². The van der Waals surface area contributed by atoms with E-state index in [0.717, 1.165) is 16.1 Å². The van der Waals surface area contributed by atoms with Crippen LogP contribution in [0, 0.1) is 0 Å². The molecule has 1 aromatic carbocycles. The SMILES string of the molecule is CNC(c1ccc(Br)cn1)c1ccccc1C1CCC1. The average Bonchev–Trinajstić information content (AvgIpc) is 2.41. The number of aromatic nitrogens is 1. The van der Waals surface area contributed by atoms with Gasteiger partial charge in [-0.2, -0.15) is 0 Å². The molecule has 1 unspecified atom stereocenters. The molecule has 3 heteroatoms. The molecule has 3 rings (SSSR count). The molecule has 0 radical (unpaired) electrons. The fourth-order valence-corrected chi connectivity index (χ4v) is 3.12. The molecule has 1 heterocycles. The Morgan fingerprint density at radius 2 is 2.00 bits per heavy atom. The van der Waals surface area contributed by atoms with Gasteiger partial charge in [0.05, 0.1) is 11.7 Å². The van der Waals surface area contributed by atoms with Crippen molar-refractivity contribution in [3.05, 3.63) is 63.9 Å². The van der Waals surface area contributed by atoms with E-state index in [9.17, 15) is 0 Å². The van der Waals surface area contributed by atoms with Crippen LogP contribution >= 0.6 is 15.9 Å². The van der Waals surface area contributed by atoms with Crippen LogP contribution in [0.1, 0.15) is 48.0 Å². The fraction of sp³-hybridized carbons (Fsp3) is 0.353. The minimum Gasteiger partial charge on any atom is -0.308 e. The summed E-state index contributed by atoms with van der Waals surface area (Å²) in [6.07, 6.45) is 5.87. The molecule has 1 fully saturated rings. The molecule has 0 saturated heterocycles. The van der Waals surface area contributed by atoms with Crippen LogP contribution in [0.25, 0.3) is 0 Å². The Balaban J connectivity index is 1.98. The maximum atomic E-state index is 4.56. The zero-order valence-corrected chi connectivity index (χ0v) is 13.2. The van der Waals surface area contributed by atoms with E-state index >= 15 is 0 Å². The van der Waals surface area contributed by atoms with Gasteiger partial charge in [0.1, 0.15) is 0 Å². The Kier molecular flexibility index (Phi) is 4.18. The van der Waals surface area contributed by atoms with Crippen molar-refractivity contribution in [2.45, 2.75) is 31.2 Å². The van der Waals surface area contributed by atoms with E-state index < -0.39 is 0 Å². The molecule has 1 aromatic heterocycles. The van der Waals surface area contributed by atoms with Crippen molar-refractivity contribution < 1.29 is 0 Å². The smallest absolute Gasteiger partial charge is 0.0751 e. The van der Waals surface area contributed by atoms with Crippen LogP contribution in [-0.4, -0.2) is 12.0 Å². The first kappa shape index (κ1) is 13.8. The van der Waals surface area contributed by atoms with Gasteiger partial charge in [-0.3, -0.25) is 4.98 Å². The lowest BCUT2D eigenvalue weighted by Gasteiger charge is -2.30. The largest absolute Gasteiger partial charge is 0.308 e. The first-order chi connectivity index (χ1) is 9.79. The Bertz CT molecular complexity index is 576. The molecule has 104 valence electrons. The van der Waals surface area contributed by atoms with Gasteiger partial charge >= 0.3 is 0 Å². The van der Waals surface area contributed by atoms with Crippen LogP contribution < -0.4 is 5.32 Å². The summed E-state index contributed by atoms with van der Waals surface area (Å²) in [6, 6.07) is 13.1. The number of hydrogen-bond donors (Lipinski definition) is 1. The summed E-state index contributed by atoms with van der Waals surface area (Å²) in [5, 5.41) is 3.42. The standard InChI is InChI=1S/C17H19BrN2/c1-19-17(16-10-9-13(18)11-20-16)15-8-3-2-7-14(15)12-5-4-6-12/h2-3,7-12,17,19H,4-6H2,1H3. The molecular formula is C17H19BrN2. The number of halogens is 1. The highest BCUT2D eigenvalue weighted by Crippen LogP contribution is 2.40. The lowest BCUT2D eigenvalue weighted by atomic mass is 9.77. The van der Waals surface area contributed by atoms with Gasteiger partial charge in [0.25, 0.3) is 0 Å². The van der Waals surface area contributed by atoms with Gasteiger partial charge in [-0.15, -0.1) is 0 Å². The number of hydrogen-bond acceptors (Lipinski definition) is 2. The predicted octanol–water partition coefficient (Wildman–Crippen LogP) is 4.42. The minimum atomic E-state index is 0.167. The minimum absolute atomic E-state index is 0.167. The average molecular weight is 331 g/mol. The maximum absolute atomic E-state index is 4.56. The molecule has 0 aliphatic heterocycles. The van der Waals surface area contributed by atoms with Crippen LogP contribution in [0.2, 0.25) is 0 Å². The van der Waals surface area contributed by atoms with Crippen LogP contribution in [0.4, 0.5) is 0 Å². The Hall–Kier alpha value is -1.19. The Labute approximate surface area is 128 Å². The highest BCUT2D eigenvalue weighted by Gasteiger charge is 2.25. The van der Waals surface area contributed by atoms with Crippen molar-refractivity contribution in [2.75, 3.05) is 7.05 Å². The third-order valence-electron chi connectivity index (χ3n) is 4.19. The molecular weight excluding hydrogens is 312 g/mol. The van der Waals surface area contributed by atoms with Crippen LogP contribution in [-0.2, 0) is 0 Å². The van der Waals surface area contributed by atoms with E-state index in [0.29, 0.717) is 0 Å². The number of nitrogens with one attached hydrogen (secondary N) is 1. The molecule has 1 atom stereocenters. The van der Waals surface area contributed by atoms with Gasteiger partial charge in [-0.05, 0) is 65.0 Å². The zero-order valence-electron chi connectivity index (χ0n) is 11.6. The number of rotatable bonds is 4. The van der Waals surface area contributed by atoms with E-state index in [1.165, 1.54) is 30.4 Å². The summed E-state index contributed by atoms with van der Waals surface area (Å²) < 4.78 is 1.02. The molecule has 20 heavy (non-hydrogen) atoms. The summed E-state index contributed by atoms with van der Waals surface area (Å²) in [6.45, 7) is 0. The van der Waals surface area contributed by atoms with Crippen molar-refractivity contribution in [3.8, 4) is 0 Å². The van der Waals surface area contributed by atoms with Crippen LogP contribution in [0.15, 0.2) is 47.1 Å². The summed E-state index contributed by atoms with van der Waals surface area (Å²) >= 11 is 3.45. The second kappa shape index (κ2) is 6.06. The molecule has 0 amide bonds. The molecule has 1 saturated carbocycles. The zero-order chi connectivity index (χ0) is 13.9. The number of pyridine rings is 1. The van der Waals surface area contributed by atoms with Crippen LogP contribution in [0.3, 0.4) is 0 Å². The Morgan fingerprint density at radius 1 is 1.20 bits per heavy atom. The Morgan fingerprint density at radius 3 is 2.60 bits per heavy atom. The third-order valence-corrected chi connectivity index (χ3v) is 4.66. The molecule has 2 aromatic rings. The monoisotopic (exact) mass is 330 g/mol. The lowest BCUT2D eigenvalue weighted by molar-refractivity contribution is 0.414. The van der Waals surface area contributed by atoms with E-state index in [4.69, 9.17) is 0 Å². The molecule has 0 bridgehead atoms. The van der Waals surface area contributed by atoms with Gasteiger partial charge in [0.2, 0.25) is 0 Å². The third kappa shape index (κ3) is 2.65. The van der Waals surface area contributed by atoms with E-state index in [1.54, 1.807) is 0 Å². The fourth-order valence-electron chi connectivity index (χ4n) is 2.89. The summed E-state index contributed by atoms with van der Waals surface area (Å²) in [4.78, 5) is 4.56. The molecule has 0 spiro atoms. The molecule has 1 aliphatic carbocycles. The highest BCUT2D eigenvalue weighted by molar-refractivity contribution is 9.10. The topological polar surface area (TPSA) is 24.9 Å². The second-order valence-electron chi connectivity index (χ2n) is 5.38. The highest BCUT2D eigenvalue weighted by atomic mass is 79.9. The van der Waals surface area contributed by atoms with E-state index in [1.807, 2.05) is 13.2 Å². The summed E-state index contributed by atoms with van der Waals surface area (Å²) in [7, 11) is 2.01. The van der Waals surface area contributed by atoms with Gasteiger partial charge in [0, 0.05) is 10.7 Å². The molecule has 1 aliphatic rings. The van der Waals surface area contributed by atoms with E-state index in [-0.39, 0.29) is 6.04 Å². The van der Waals surface area contributed by atoms with Gasteiger partial charge in [0.15, 0.2) is 0 Å². The van der Waals surface area contributed by atoms with Crippen molar-refractivity contribution in [1.29, 1.82) is 0 Å². The van der Waals surface area contributed by atoms with Crippen molar-refractivity contribution in [3.63, 3.8) is 0 Å². The normalized spacial score (nSPS) is 16.7. The first-order valence-corrected chi connectivity index (χ1v) is 7.96. The number of nitrogens with zero attached hydrogens (tertiary/aromatic N) is 1. The predicted molar refractivity (Wildman–Crippen MR) is 85.9 cm³/mol. The van der Waals surface area contributed by atoms with E-state index in [2.05, 4.69) is 62.6 Å². The number of benzene rings is 1. The second-order valence-corrected chi connectivity index (χ2v) is 6.30. The van der Waals surface area contributed by atoms with Gasteiger partial charge in [-0.1, -0.05) is 30.7 Å². The first-order valence-electron chi connectivity index (χ1n) is 7.17. The van der Waals surface area contributed by atoms with Crippen molar-refractivity contribution >= 4 is 15.9 Å². The maximum Gasteiger partial charge on any atom is 0.0751 e. The quantitative estimate of drug-likeness (QED) is 0.897. The molecule has 2 nitrogen and oxygen atoms in total. The molecule has 1 N–H and O–H groups in total. The van der Waals surface area contributed by atoms with Gasteiger partial charge < -0.3 is 5.32 Å².